The average Bonchev–Trinajstić information content (AvgIpc) is 2.50. The van der Waals surface area contributed by atoms with Gasteiger partial charge in [0.05, 0.1) is 18.9 Å². The minimum atomic E-state index is -0.403. The number of H-pyrrole nitrogens is 1. The SMILES string of the molecule is C#Cc1c(-c2ccccc2)n(COCCO)c(=S)[nH]c1=O. The second-order valence-electron chi connectivity index (χ2n) is 4.18. The van der Waals surface area contributed by atoms with Crippen molar-refractivity contribution in [1.82, 2.24) is 9.55 Å². The summed E-state index contributed by atoms with van der Waals surface area (Å²) in [6, 6.07) is 9.24. The van der Waals surface area contributed by atoms with Gasteiger partial charge in [-0.15, -0.1) is 6.42 Å². The molecule has 108 valence electrons. The molecule has 0 saturated carbocycles. The Kier molecular flexibility index (Phi) is 5.06. The second kappa shape index (κ2) is 6.99. The largest absolute Gasteiger partial charge is 0.394 e. The van der Waals surface area contributed by atoms with Crippen LogP contribution in [0.25, 0.3) is 11.3 Å². The molecule has 0 aliphatic rings. The van der Waals surface area contributed by atoms with Gasteiger partial charge in [0.2, 0.25) is 0 Å². The molecular formula is C15H14N2O3S. The van der Waals surface area contributed by atoms with Gasteiger partial charge in [0.1, 0.15) is 12.3 Å². The fraction of sp³-hybridized carbons (Fsp3) is 0.200. The first-order valence-corrected chi connectivity index (χ1v) is 6.67. The van der Waals surface area contributed by atoms with Crippen molar-refractivity contribution in [1.29, 1.82) is 0 Å². The van der Waals surface area contributed by atoms with Crippen LogP contribution in [0.1, 0.15) is 5.56 Å². The van der Waals surface area contributed by atoms with Crippen molar-refractivity contribution in [3.8, 4) is 23.6 Å². The van der Waals surface area contributed by atoms with Crippen LogP contribution < -0.4 is 5.56 Å². The van der Waals surface area contributed by atoms with Crippen molar-refractivity contribution in [2.75, 3.05) is 13.2 Å². The molecule has 0 unspecified atom stereocenters. The summed E-state index contributed by atoms with van der Waals surface area (Å²) in [6.45, 7) is 0.162. The van der Waals surface area contributed by atoms with E-state index in [4.69, 9.17) is 28.5 Å². The number of nitrogens with zero attached hydrogens (tertiary/aromatic N) is 1. The van der Waals surface area contributed by atoms with E-state index in [1.807, 2.05) is 30.3 Å². The smallest absolute Gasteiger partial charge is 0.268 e. The number of hydrogen-bond donors (Lipinski definition) is 2. The van der Waals surface area contributed by atoms with E-state index in [1.165, 1.54) is 0 Å². The second-order valence-corrected chi connectivity index (χ2v) is 4.57. The Morgan fingerprint density at radius 2 is 2.10 bits per heavy atom. The molecule has 0 spiro atoms. The Morgan fingerprint density at radius 3 is 2.71 bits per heavy atom. The first-order valence-electron chi connectivity index (χ1n) is 6.26. The molecule has 1 aromatic carbocycles. The number of benzene rings is 1. The molecule has 0 aliphatic heterocycles. The third-order valence-corrected chi connectivity index (χ3v) is 3.17. The zero-order chi connectivity index (χ0) is 15.2. The Morgan fingerprint density at radius 1 is 1.38 bits per heavy atom. The van der Waals surface area contributed by atoms with Gasteiger partial charge in [-0.05, 0) is 17.8 Å². The Hall–Kier alpha value is -2.20. The van der Waals surface area contributed by atoms with Crippen LogP contribution in [0.5, 0.6) is 0 Å². The third kappa shape index (κ3) is 3.28. The maximum absolute atomic E-state index is 12.0. The summed E-state index contributed by atoms with van der Waals surface area (Å²) in [5, 5.41) is 8.79. The number of aliphatic hydroxyl groups is 1. The fourth-order valence-corrected chi connectivity index (χ4v) is 2.18. The predicted octanol–water partition coefficient (Wildman–Crippen LogP) is 1.52. The molecule has 6 heteroatoms. The number of aromatic amines is 1. The van der Waals surface area contributed by atoms with Crippen molar-refractivity contribution in [3.63, 3.8) is 0 Å². The highest BCUT2D eigenvalue weighted by molar-refractivity contribution is 7.71. The van der Waals surface area contributed by atoms with Crippen LogP contribution in [0.3, 0.4) is 0 Å². The van der Waals surface area contributed by atoms with Crippen molar-refractivity contribution in [2.24, 2.45) is 0 Å². The fourth-order valence-electron chi connectivity index (χ4n) is 1.94. The molecule has 0 bridgehead atoms. The van der Waals surface area contributed by atoms with E-state index >= 15 is 0 Å². The Labute approximate surface area is 126 Å². The molecule has 0 amide bonds. The number of aliphatic hydroxyl groups excluding tert-OH is 1. The molecule has 0 fully saturated rings. The van der Waals surface area contributed by atoms with Crippen LogP contribution >= 0.6 is 12.2 Å². The monoisotopic (exact) mass is 302 g/mol. The molecule has 5 nitrogen and oxygen atoms in total. The summed E-state index contributed by atoms with van der Waals surface area (Å²) in [7, 11) is 0. The first kappa shape index (κ1) is 15.2. The zero-order valence-electron chi connectivity index (χ0n) is 11.2. The summed E-state index contributed by atoms with van der Waals surface area (Å²) in [6.07, 6.45) is 5.46. The van der Waals surface area contributed by atoms with Crippen LogP contribution in [-0.4, -0.2) is 27.9 Å². The highest BCUT2D eigenvalue weighted by Crippen LogP contribution is 2.21. The standard InChI is InChI=1S/C15H14N2O3S/c1-2-12-13(11-6-4-3-5-7-11)17(10-20-9-8-18)15(21)16-14(12)19/h1,3-7,18H,8-10H2,(H,16,19,21). The van der Waals surface area contributed by atoms with Gasteiger partial charge in [0, 0.05) is 0 Å². The molecule has 0 aliphatic carbocycles. The third-order valence-electron chi connectivity index (χ3n) is 2.85. The normalized spacial score (nSPS) is 10.3. The lowest BCUT2D eigenvalue weighted by Gasteiger charge is -2.15. The van der Waals surface area contributed by atoms with Gasteiger partial charge in [-0.2, -0.15) is 0 Å². The quantitative estimate of drug-likeness (QED) is 0.499. The van der Waals surface area contributed by atoms with Gasteiger partial charge in [-0.1, -0.05) is 36.3 Å². The van der Waals surface area contributed by atoms with Gasteiger partial charge in [0.15, 0.2) is 4.77 Å². The summed E-state index contributed by atoms with van der Waals surface area (Å²) >= 11 is 5.18. The van der Waals surface area contributed by atoms with Crippen molar-refractivity contribution >= 4 is 12.2 Å². The summed E-state index contributed by atoms with van der Waals surface area (Å²) in [5.41, 5.74) is 1.10. The summed E-state index contributed by atoms with van der Waals surface area (Å²) in [5.74, 6) is 2.40. The van der Waals surface area contributed by atoms with E-state index in [0.29, 0.717) is 5.69 Å². The number of aromatic nitrogens is 2. The molecule has 1 aromatic heterocycles. The van der Waals surface area contributed by atoms with Crippen LogP contribution in [0.4, 0.5) is 0 Å². The summed E-state index contributed by atoms with van der Waals surface area (Å²) in [4.78, 5) is 14.5. The van der Waals surface area contributed by atoms with Gasteiger partial charge < -0.3 is 9.84 Å². The molecule has 0 radical (unpaired) electrons. The van der Waals surface area contributed by atoms with Crippen molar-refractivity contribution in [2.45, 2.75) is 6.73 Å². The zero-order valence-corrected chi connectivity index (χ0v) is 12.0. The molecule has 2 N–H and O–H groups in total. The number of terminal acetylenes is 1. The Bertz CT molecular complexity index is 772. The van der Waals surface area contributed by atoms with Gasteiger partial charge >= 0.3 is 0 Å². The topological polar surface area (TPSA) is 67.2 Å². The maximum atomic E-state index is 12.0. The molecule has 21 heavy (non-hydrogen) atoms. The minimum absolute atomic E-state index is 0.0923. The number of hydrogen-bond acceptors (Lipinski definition) is 4. The van der Waals surface area contributed by atoms with Crippen molar-refractivity contribution < 1.29 is 9.84 Å². The highest BCUT2D eigenvalue weighted by Gasteiger charge is 2.13. The van der Waals surface area contributed by atoms with Crippen LogP contribution in [0.15, 0.2) is 35.1 Å². The lowest BCUT2D eigenvalue weighted by atomic mass is 10.1. The lowest BCUT2D eigenvalue weighted by Crippen LogP contribution is -2.21. The molecular weight excluding hydrogens is 288 g/mol. The van der Waals surface area contributed by atoms with E-state index in [2.05, 4.69) is 10.9 Å². The lowest BCUT2D eigenvalue weighted by molar-refractivity contribution is 0.0475. The predicted molar refractivity (Wildman–Crippen MR) is 82.3 cm³/mol. The highest BCUT2D eigenvalue weighted by atomic mass is 32.1. The summed E-state index contributed by atoms with van der Waals surface area (Å²) < 4.78 is 7.13. The van der Waals surface area contributed by atoms with E-state index in [9.17, 15) is 4.79 Å². The van der Waals surface area contributed by atoms with Gasteiger partial charge in [-0.3, -0.25) is 14.3 Å². The maximum Gasteiger partial charge on any atom is 0.268 e. The van der Waals surface area contributed by atoms with Crippen LogP contribution in [0, 0.1) is 17.1 Å². The van der Waals surface area contributed by atoms with Gasteiger partial charge in [-0.25, -0.2) is 0 Å². The Balaban J connectivity index is 2.66. The van der Waals surface area contributed by atoms with E-state index in [0.717, 1.165) is 5.56 Å². The molecule has 0 saturated heterocycles. The molecule has 0 atom stereocenters. The van der Waals surface area contributed by atoms with Gasteiger partial charge in [0.25, 0.3) is 5.56 Å². The van der Waals surface area contributed by atoms with E-state index in [-0.39, 0.29) is 30.3 Å². The number of rotatable bonds is 5. The van der Waals surface area contributed by atoms with E-state index < -0.39 is 5.56 Å². The average molecular weight is 302 g/mol. The molecule has 2 aromatic rings. The van der Waals surface area contributed by atoms with Crippen LogP contribution in [-0.2, 0) is 11.5 Å². The first-order chi connectivity index (χ1) is 10.2. The number of nitrogens with one attached hydrogen (secondary N) is 1. The van der Waals surface area contributed by atoms with Crippen molar-refractivity contribution in [3.05, 3.63) is 51.0 Å². The van der Waals surface area contributed by atoms with Crippen LogP contribution in [0.2, 0.25) is 0 Å². The molecule has 1 heterocycles. The number of ether oxygens (including phenoxy) is 1. The minimum Gasteiger partial charge on any atom is -0.394 e. The van der Waals surface area contributed by atoms with E-state index in [1.54, 1.807) is 4.57 Å². The molecule has 2 rings (SSSR count).